The number of fused-ring (bicyclic) bond motifs is 1. The lowest BCUT2D eigenvalue weighted by atomic mass is 9.87. The van der Waals surface area contributed by atoms with Gasteiger partial charge in [-0.05, 0) is 53.8 Å². The molecule has 0 aliphatic carbocycles. The van der Waals surface area contributed by atoms with E-state index in [1.807, 2.05) is 0 Å². The van der Waals surface area contributed by atoms with Gasteiger partial charge in [0.2, 0.25) is 0 Å². The van der Waals surface area contributed by atoms with Crippen molar-refractivity contribution in [3.63, 3.8) is 0 Å². The third kappa shape index (κ3) is 2.95. The highest BCUT2D eigenvalue weighted by Crippen LogP contribution is 2.30. The SMILES string of the molecule is Cc1ccccc1-c1n(-c2ccc(C(C)(C)C)cc2)c2ccccc2[n+]1C. The molecule has 0 fully saturated rings. The van der Waals surface area contributed by atoms with Gasteiger partial charge in [0.1, 0.15) is 5.69 Å². The molecule has 4 aromatic rings. The molecule has 0 aliphatic rings. The molecule has 0 unspecified atom stereocenters. The van der Waals surface area contributed by atoms with Crippen molar-refractivity contribution >= 4 is 11.0 Å². The van der Waals surface area contributed by atoms with Crippen molar-refractivity contribution in [3.8, 4) is 17.1 Å². The fraction of sp³-hybridized carbons (Fsp3) is 0.240. The minimum absolute atomic E-state index is 0.154. The van der Waals surface area contributed by atoms with E-state index in [4.69, 9.17) is 0 Å². The summed E-state index contributed by atoms with van der Waals surface area (Å²) in [7, 11) is 2.16. The number of imidazole rings is 1. The van der Waals surface area contributed by atoms with E-state index in [0.717, 1.165) is 0 Å². The van der Waals surface area contributed by atoms with Crippen molar-refractivity contribution in [1.29, 1.82) is 0 Å². The molecule has 0 atom stereocenters. The molecule has 136 valence electrons. The molecule has 0 saturated heterocycles. The van der Waals surface area contributed by atoms with Crippen LogP contribution in [-0.2, 0) is 12.5 Å². The molecule has 0 N–H and O–H groups in total. The van der Waals surface area contributed by atoms with Gasteiger partial charge in [-0.3, -0.25) is 0 Å². The van der Waals surface area contributed by atoms with Crippen LogP contribution in [0.3, 0.4) is 0 Å². The maximum atomic E-state index is 2.38. The molecular weight excluding hydrogens is 328 g/mol. The Bertz CT molecular complexity index is 1110. The summed E-state index contributed by atoms with van der Waals surface area (Å²) in [5, 5.41) is 0. The van der Waals surface area contributed by atoms with Gasteiger partial charge in [-0.25, -0.2) is 4.57 Å². The molecular formula is C25H27N2+. The first-order valence-electron chi connectivity index (χ1n) is 9.54. The van der Waals surface area contributed by atoms with Gasteiger partial charge in [0.15, 0.2) is 11.0 Å². The number of hydrogen-bond acceptors (Lipinski definition) is 0. The number of para-hydroxylation sites is 2. The van der Waals surface area contributed by atoms with E-state index in [0.29, 0.717) is 0 Å². The molecule has 0 bridgehead atoms. The van der Waals surface area contributed by atoms with Crippen LogP contribution in [0.1, 0.15) is 31.9 Å². The van der Waals surface area contributed by atoms with Crippen molar-refractivity contribution in [1.82, 2.24) is 4.57 Å². The normalized spacial score (nSPS) is 11.9. The van der Waals surface area contributed by atoms with Crippen molar-refractivity contribution < 1.29 is 4.57 Å². The van der Waals surface area contributed by atoms with E-state index in [-0.39, 0.29) is 5.41 Å². The highest BCUT2D eigenvalue weighted by Gasteiger charge is 2.26. The molecule has 4 rings (SSSR count). The van der Waals surface area contributed by atoms with Crippen LogP contribution in [0.2, 0.25) is 0 Å². The van der Waals surface area contributed by atoms with Gasteiger partial charge in [-0.1, -0.05) is 63.2 Å². The fourth-order valence-electron chi connectivity index (χ4n) is 3.81. The van der Waals surface area contributed by atoms with E-state index in [1.165, 1.54) is 39.2 Å². The highest BCUT2D eigenvalue weighted by atomic mass is 15.2. The second-order valence-electron chi connectivity index (χ2n) is 8.32. The van der Waals surface area contributed by atoms with E-state index >= 15 is 0 Å². The monoisotopic (exact) mass is 355 g/mol. The molecule has 0 amide bonds. The van der Waals surface area contributed by atoms with E-state index in [9.17, 15) is 0 Å². The van der Waals surface area contributed by atoms with Crippen LogP contribution in [0, 0.1) is 6.92 Å². The second kappa shape index (κ2) is 6.38. The zero-order valence-electron chi connectivity index (χ0n) is 16.8. The zero-order valence-corrected chi connectivity index (χ0v) is 16.8. The van der Waals surface area contributed by atoms with E-state index < -0.39 is 0 Å². The first-order valence-corrected chi connectivity index (χ1v) is 9.54. The maximum absolute atomic E-state index is 2.38. The van der Waals surface area contributed by atoms with Crippen LogP contribution in [0.15, 0.2) is 72.8 Å². The van der Waals surface area contributed by atoms with Crippen molar-refractivity contribution in [3.05, 3.63) is 83.9 Å². The largest absolute Gasteiger partial charge is 0.295 e. The van der Waals surface area contributed by atoms with Gasteiger partial charge in [0, 0.05) is 0 Å². The van der Waals surface area contributed by atoms with Crippen molar-refractivity contribution in [2.75, 3.05) is 0 Å². The lowest BCUT2D eigenvalue weighted by Gasteiger charge is -2.18. The summed E-state index contributed by atoms with van der Waals surface area (Å²) in [5.74, 6) is 1.21. The Kier molecular flexibility index (Phi) is 4.15. The predicted octanol–water partition coefficient (Wildman–Crippen LogP) is 5.73. The Morgan fingerprint density at radius 1 is 0.778 bits per heavy atom. The quantitative estimate of drug-likeness (QED) is 0.406. The number of nitrogens with zero attached hydrogens (tertiary/aromatic N) is 2. The lowest BCUT2D eigenvalue weighted by Crippen LogP contribution is -2.30. The Balaban J connectivity index is 2.03. The van der Waals surface area contributed by atoms with Crippen LogP contribution in [-0.4, -0.2) is 4.57 Å². The van der Waals surface area contributed by atoms with Gasteiger partial charge in [-0.15, -0.1) is 0 Å². The average molecular weight is 356 g/mol. The number of aromatic nitrogens is 2. The molecule has 0 aliphatic heterocycles. The molecule has 0 radical (unpaired) electrons. The van der Waals surface area contributed by atoms with Gasteiger partial charge >= 0.3 is 0 Å². The minimum atomic E-state index is 0.154. The minimum Gasteiger partial charge on any atom is -0.225 e. The first-order chi connectivity index (χ1) is 12.9. The highest BCUT2D eigenvalue weighted by molar-refractivity contribution is 5.79. The lowest BCUT2D eigenvalue weighted by molar-refractivity contribution is -0.633. The van der Waals surface area contributed by atoms with E-state index in [1.54, 1.807) is 0 Å². The first kappa shape index (κ1) is 17.5. The molecule has 2 heteroatoms. The maximum Gasteiger partial charge on any atom is 0.295 e. The smallest absolute Gasteiger partial charge is 0.225 e. The molecule has 2 nitrogen and oxygen atoms in total. The molecule has 1 aromatic heterocycles. The standard InChI is InChI=1S/C25H27N2/c1-18-10-6-7-11-21(18)24-26(5)22-12-8-9-13-23(22)27(24)20-16-14-19(15-17-20)25(2,3)4/h6-17H,1-5H3/q+1. The third-order valence-corrected chi connectivity index (χ3v) is 5.39. The number of hydrogen-bond donors (Lipinski definition) is 0. The van der Waals surface area contributed by atoms with Crippen LogP contribution in [0.4, 0.5) is 0 Å². The van der Waals surface area contributed by atoms with Crippen molar-refractivity contribution in [2.45, 2.75) is 33.1 Å². The summed E-state index contributed by atoms with van der Waals surface area (Å²) in [6.45, 7) is 8.95. The predicted molar refractivity (Wildman–Crippen MR) is 113 cm³/mol. The van der Waals surface area contributed by atoms with E-state index in [2.05, 4.69) is 117 Å². The van der Waals surface area contributed by atoms with Crippen LogP contribution < -0.4 is 4.57 Å². The Labute approximate surface area is 161 Å². The Hall–Kier alpha value is -2.87. The summed E-state index contributed by atoms with van der Waals surface area (Å²) < 4.78 is 4.68. The number of rotatable bonds is 2. The molecule has 27 heavy (non-hydrogen) atoms. The molecule has 0 saturated carbocycles. The average Bonchev–Trinajstić information content (AvgIpc) is 2.94. The number of aryl methyl sites for hydroxylation is 2. The Morgan fingerprint density at radius 2 is 1.41 bits per heavy atom. The van der Waals surface area contributed by atoms with Crippen LogP contribution in [0.25, 0.3) is 28.1 Å². The topological polar surface area (TPSA) is 8.81 Å². The molecule has 3 aromatic carbocycles. The third-order valence-electron chi connectivity index (χ3n) is 5.39. The van der Waals surface area contributed by atoms with Gasteiger partial charge < -0.3 is 0 Å². The van der Waals surface area contributed by atoms with Crippen LogP contribution >= 0.6 is 0 Å². The zero-order chi connectivity index (χ0) is 19.2. The Morgan fingerprint density at radius 3 is 2.07 bits per heavy atom. The summed E-state index contributed by atoms with van der Waals surface area (Å²) in [6, 6.07) is 26.2. The summed E-state index contributed by atoms with van der Waals surface area (Å²) in [4.78, 5) is 0. The van der Waals surface area contributed by atoms with Crippen LogP contribution in [0.5, 0.6) is 0 Å². The summed E-state index contributed by atoms with van der Waals surface area (Å²) >= 11 is 0. The van der Waals surface area contributed by atoms with Gasteiger partial charge in [0.05, 0.1) is 12.6 Å². The van der Waals surface area contributed by atoms with Crippen molar-refractivity contribution in [2.24, 2.45) is 7.05 Å². The summed E-state index contributed by atoms with van der Waals surface area (Å²) in [5.41, 5.74) is 7.69. The van der Waals surface area contributed by atoms with Gasteiger partial charge in [0.25, 0.3) is 5.82 Å². The summed E-state index contributed by atoms with van der Waals surface area (Å²) in [6.07, 6.45) is 0. The molecule has 0 spiro atoms. The fourth-order valence-corrected chi connectivity index (χ4v) is 3.81. The second-order valence-corrected chi connectivity index (χ2v) is 8.32. The number of benzene rings is 3. The van der Waals surface area contributed by atoms with Gasteiger partial charge in [-0.2, -0.15) is 4.57 Å². The molecule has 1 heterocycles.